The number of hydrogen-bond donors (Lipinski definition) is 1. The maximum absolute atomic E-state index is 12.4. The minimum Gasteiger partial charge on any atom is -0.336 e. The first-order valence-corrected chi connectivity index (χ1v) is 4.81. The largest absolute Gasteiger partial charge is 0.336 e. The van der Waals surface area contributed by atoms with E-state index in [0.717, 1.165) is 10.0 Å². The van der Waals surface area contributed by atoms with Crippen LogP contribution in [0.25, 0.3) is 11.0 Å². The molecule has 5 heteroatoms. The van der Waals surface area contributed by atoms with Crippen molar-refractivity contribution in [3.8, 4) is 0 Å². The van der Waals surface area contributed by atoms with Crippen molar-refractivity contribution in [2.45, 2.75) is 13.3 Å². The van der Waals surface area contributed by atoms with Gasteiger partial charge in [-0.3, -0.25) is 0 Å². The number of alkyl halides is 2. The molecule has 14 heavy (non-hydrogen) atoms. The number of nitrogens with one attached hydrogen (secondary N) is 1. The molecule has 0 saturated carbocycles. The highest BCUT2D eigenvalue weighted by Crippen LogP contribution is 2.27. The van der Waals surface area contributed by atoms with Crippen molar-refractivity contribution < 1.29 is 8.78 Å². The van der Waals surface area contributed by atoms with Gasteiger partial charge in [-0.2, -0.15) is 0 Å². The number of fused-ring (bicyclic) bond motifs is 1. The third-order valence-corrected chi connectivity index (χ3v) is 2.68. The Morgan fingerprint density at radius 1 is 1.43 bits per heavy atom. The van der Waals surface area contributed by atoms with Gasteiger partial charge in [0.25, 0.3) is 6.43 Å². The lowest BCUT2D eigenvalue weighted by molar-refractivity contribution is 0.142. The molecule has 0 spiro atoms. The Morgan fingerprint density at radius 2 is 2.14 bits per heavy atom. The lowest BCUT2D eigenvalue weighted by Gasteiger charge is -1.95. The SMILES string of the molecule is Cc1ccc(Br)c2[nH]c(C(F)F)nc12. The molecule has 1 aromatic heterocycles. The van der Waals surface area contributed by atoms with Crippen molar-refractivity contribution in [2.75, 3.05) is 0 Å². The van der Waals surface area contributed by atoms with E-state index in [9.17, 15) is 8.78 Å². The summed E-state index contributed by atoms with van der Waals surface area (Å²) in [4.78, 5) is 6.43. The maximum Gasteiger partial charge on any atom is 0.295 e. The summed E-state index contributed by atoms with van der Waals surface area (Å²) < 4.78 is 25.5. The number of benzene rings is 1. The fourth-order valence-corrected chi connectivity index (χ4v) is 1.73. The molecule has 0 atom stereocenters. The van der Waals surface area contributed by atoms with E-state index >= 15 is 0 Å². The van der Waals surface area contributed by atoms with Crippen LogP contribution in [0, 0.1) is 6.92 Å². The molecule has 2 aromatic rings. The third kappa shape index (κ3) is 1.41. The number of H-pyrrole nitrogens is 1. The maximum atomic E-state index is 12.4. The van der Waals surface area contributed by atoms with Crippen molar-refractivity contribution in [1.82, 2.24) is 9.97 Å². The van der Waals surface area contributed by atoms with Gasteiger partial charge in [-0.15, -0.1) is 0 Å². The summed E-state index contributed by atoms with van der Waals surface area (Å²) in [6.45, 7) is 1.84. The molecule has 2 rings (SSSR count). The van der Waals surface area contributed by atoms with E-state index in [-0.39, 0.29) is 5.82 Å². The number of aryl methyl sites for hydroxylation is 1. The second-order valence-corrected chi connectivity index (χ2v) is 3.86. The van der Waals surface area contributed by atoms with Gasteiger partial charge in [-0.25, -0.2) is 13.8 Å². The Kier molecular flexibility index (Phi) is 2.26. The monoisotopic (exact) mass is 260 g/mol. The first-order valence-electron chi connectivity index (χ1n) is 4.02. The van der Waals surface area contributed by atoms with Crippen LogP contribution in [0.5, 0.6) is 0 Å². The van der Waals surface area contributed by atoms with Gasteiger partial charge in [0, 0.05) is 4.47 Å². The van der Waals surface area contributed by atoms with Crippen molar-refractivity contribution in [3.63, 3.8) is 0 Å². The summed E-state index contributed by atoms with van der Waals surface area (Å²) in [5, 5.41) is 0. The molecule has 0 fully saturated rings. The van der Waals surface area contributed by atoms with Crippen LogP contribution < -0.4 is 0 Å². The summed E-state index contributed by atoms with van der Waals surface area (Å²) in [5.41, 5.74) is 2.10. The van der Waals surface area contributed by atoms with Crippen molar-refractivity contribution in [2.24, 2.45) is 0 Å². The number of imidazole rings is 1. The highest BCUT2D eigenvalue weighted by molar-refractivity contribution is 9.10. The quantitative estimate of drug-likeness (QED) is 0.835. The zero-order chi connectivity index (χ0) is 10.3. The van der Waals surface area contributed by atoms with Crippen LogP contribution in [0.3, 0.4) is 0 Å². The zero-order valence-corrected chi connectivity index (χ0v) is 8.90. The number of halogens is 3. The van der Waals surface area contributed by atoms with Gasteiger partial charge in [0.05, 0.1) is 11.0 Å². The minimum atomic E-state index is -2.56. The first-order chi connectivity index (χ1) is 6.59. The van der Waals surface area contributed by atoms with E-state index in [1.54, 1.807) is 0 Å². The smallest absolute Gasteiger partial charge is 0.295 e. The molecule has 0 unspecified atom stereocenters. The molecule has 0 bridgehead atoms. The first kappa shape index (κ1) is 9.58. The average molecular weight is 261 g/mol. The van der Waals surface area contributed by atoms with Crippen molar-refractivity contribution in [3.05, 3.63) is 28.0 Å². The third-order valence-electron chi connectivity index (χ3n) is 2.02. The molecule has 1 heterocycles. The number of rotatable bonds is 1. The highest BCUT2D eigenvalue weighted by atomic mass is 79.9. The van der Waals surface area contributed by atoms with Gasteiger partial charge < -0.3 is 4.98 Å². The van der Waals surface area contributed by atoms with Crippen LogP contribution in [0.1, 0.15) is 17.8 Å². The fourth-order valence-electron chi connectivity index (χ4n) is 1.31. The van der Waals surface area contributed by atoms with Crippen LogP contribution >= 0.6 is 15.9 Å². The molecule has 0 saturated heterocycles. The Morgan fingerprint density at radius 3 is 2.71 bits per heavy atom. The van der Waals surface area contributed by atoms with Gasteiger partial charge in [-0.1, -0.05) is 6.07 Å². The normalized spacial score (nSPS) is 11.5. The van der Waals surface area contributed by atoms with E-state index in [2.05, 4.69) is 25.9 Å². The minimum absolute atomic E-state index is 0.282. The summed E-state index contributed by atoms with van der Waals surface area (Å²) in [6, 6.07) is 3.65. The zero-order valence-electron chi connectivity index (χ0n) is 7.31. The molecule has 74 valence electrons. The predicted molar refractivity (Wildman–Crippen MR) is 53.5 cm³/mol. The Labute approximate surface area is 87.5 Å². The van der Waals surface area contributed by atoms with Crippen molar-refractivity contribution >= 4 is 27.0 Å². The van der Waals surface area contributed by atoms with E-state index < -0.39 is 6.43 Å². The van der Waals surface area contributed by atoms with Gasteiger partial charge in [-0.05, 0) is 34.5 Å². The van der Waals surface area contributed by atoms with Crippen LogP contribution in [-0.2, 0) is 0 Å². The molecule has 1 aromatic carbocycles. The molecule has 0 aliphatic heterocycles. The van der Waals surface area contributed by atoms with Gasteiger partial charge in [0.1, 0.15) is 0 Å². The molecule has 1 N–H and O–H groups in total. The lowest BCUT2D eigenvalue weighted by Crippen LogP contribution is -1.85. The van der Waals surface area contributed by atoms with Gasteiger partial charge in [0.2, 0.25) is 0 Å². The predicted octanol–water partition coefficient (Wildman–Crippen LogP) is 3.57. The second kappa shape index (κ2) is 3.31. The van der Waals surface area contributed by atoms with Crippen LogP contribution in [-0.4, -0.2) is 9.97 Å². The summed E-state index contributed by atoms with van der Waals surface area (Å²) in [5.74, 6) is -0.282. The standard InChI is InChI=1S/C9H7BrF2N2/c1-4-2-3-5(10)7-6(4)13-9(14-7)8(11)12/h2-3,8H,1H3,(H,13,14). The number of aromatic nitrogens is 2. The van der Waals surface area contributed by atoms with E-state index in [1.165, 1.54) is 0 Å². The Hall–Kier alpha value is -0.970. The molecule has 0 aliphatic carbocycles. The summed E-state index contributed by atoms with van der Waals surface area (Å²) in [6.07, 6.45) is -2.56. The molecular weight excluding hydrogens is 254 g/mol. The number of aromatic amines is 1. The molecular formula is C9H7BrF2N2. The second-order valence-electron chi connectivity index (χ2n) is 3.01. The number of nitrogens with zero attached hydrogens (tertiary/aromatic N) is 1. The van der Waals surface area contributed by atoms with E-state index in [4.69, 9.17) is 0 Å². The van der Waals surface area contributed by atoms with Crippen LogP contribution in [0.2, 0.25) is 0 Å². The number of hydrogen-bond acceptors (Lipinski definition) is 1. The Balaban J connectivity index is 2.75. The summed E-state index contributed by atoms with van der Waals surface area (Å²) in [7, 11) is 0. The highest BCUT2D eigenvalue weighted by Gasteiger charge is 2.14. The van der Waals surface area contributed by atoms with E-state index in [0.29, 0.717) is 11.0 Å². The molecule has 0 radical (unpaired) electrons. The molecule has 0 aliphatic rings. The van der Waals surface area contributed by atoms with E-state index in [1.807, 2.05) is 19.1 Å². The lowest BCUT2D eigenvalue weighted by atomic mass is 10.2. The topological polar surface area (TPSA) is 28.7 Å². The fraction of sp³-hybridized carbons (Fsp3) is 0.222. The van der Waals surface area contributed by atoms with Crippen LogP contribution in [0.4, 0.5) is 8.78 Å². The van der Waals surface area contributed by atoms with Gasteiger partial charge >= 0.3 is 0 Å². The average Bonchev–Trinajstić information content (AvgIpc) is 2.57. The molecule has 0 amide bonds. The summed E-state index contributed by atoms with van der Waals surface area (Å²) >= 11 is 3.28. The van der Waals surface area contributed by atoms with Gasteiger partial charge in [0.15, 0.2) is 5.82 Å². The van der Waals surface area contributed by atoms with Crippen LogP contribution in [0.15, 0.2) is 16.6 Å². The Bertz CT molecular complexity index is 440. The van der Waals surface area contributed by atoms with Crippen molar-refractivity contribution in [1.29, 1.82) is 0 Å². The molecule has 2 nitrogen and oxygen atoms in total.